The molecule has 3 rings (SSSR count). The molecule has 0 saturated carbocycles. The van der Waals surface area contributed by atoms with Gasteiger partial charge in [-0.05, 0) is 49.5 Å². The van der Waals surface area contributed by atoms with Crippen molar-refractivity contribution >= 4 is 5.91 Å². The molecule has 0 radical (unpaired) electrons. The van der Waals surface area contributed by atoms with Gasteiger partial charge < -0.3 is 5.73 Å². The van der Waals surface area contributed by atoms with E-state index in [1.807, 2.05) is 30.3 Å². The Morgan fingerprint density at radius 2 is 1.76 bits per heavy atom. The summed E-state index contributed by atoms with van der Waals surface area (Å²) < 4.78 is 0. The molecule has 0 aromatic heterocycles. The van der Waals surface area contributed by atoms with E-state index in [0.29, 0.717) is 6.04 Å². The van der Waals surface area contributed by atoms with E-state index >= 15 is 0 Å². The zero-order valence-electron chi connectivity index (χ0n) is 14.8. The Kier molecular flexibility index (Phi) is 5.84. The summed E-state index contributed by atoms with van der Waals surface area (Å²) in [4.78, 5) is 14.4. The van der Waals surface area contributed by atoms with Crippen molar-refractivity contribution in [3.63, 3.8) is 0 Å². The summed E-state index contributed by atoms with van der Waals surface area (Å²) in [5.74, 6) is -0.312. The van der Waals surface area contributed by atoms with Crippen molar-refractivity contribution in [3.05, 3.63) is 71.3 Å². The van der Waals surface area contributed by atoms with Crippen molar-refractivity contribution in [1.29, 1.82) is 0 Å². The monoisotopic (exact) mass is 337 g/mol. The first-order valence-corrected chi connectivity index (χ1v) is 9.00. The smallest absolute Gasteiger partial charge is 0.239 e. The summed E-state index contributed by atoms with van der Waals surface area (Å²) in [6.45, 7) is 5.23. The number of nitrogens with zero attached hydrogens (tertiary/aromatic N) is 1. The van der Waals surface area contributed by atoms with Gasteiger partial charge in [0.25, 0.3) is 0 Å². The molecule has 4 heteroatoms. The summed E-state index contributed by atoms with van der Waals surface area (Å²) in [7, 11) is 0. The first-order chi connectivity index (χ1) is 12.1. The van der Waals surface area contributed by atoms with Gasteiger partial charge in [-0.15, -0.1) is 0 Å². The van der Waals surface area contributed by atoms with E-state index < -0.39 is 6.04 Å². The summed E-state index contributed by atoms with van der Waals surface area (Å²) in [5, 5.41) is 3.47. The third-order valence-electron chi connectivity index (χ3n) is 5.06. The molecular formula is C21H27N3O. The highest BCUT2D eigenvalue weighted by Crippen LogP contribution is 2.19. The average Bonchev–Trinajstić information content (AvgIpc) is 2.63. The van der Waals surface area contributed by atoms with Crippen LogP contribution in [0.2, 0.25) is 0 Å². The minimum absolute atomic E-state index is 0.312. The molecule has 1 fully saturated rings. The molecule has 132 valence electrons. The molecule has 2 aromatic carbocycles. The summed E-state index contributed by atoms with van der Waals surface area (Å²) in [6.07, 6.45) is 2.06. The predicted octanol–water partition coefficient (Wildman–Crippen LogP) is 2.78. The van der Waals surface area contributed by atoms with Gasteiger partial charge in [0.1, 0.15) is 6.04 Å². The maximum Gasteiger partial charge on any atom is 0.239 e. The first kappa shape index (κ1) is 17.6. The summed E-state index contributed by atoms with van der Waals surface area (Å²) in [6, 6.07) is 18.2. The van der Waals surface area contributed by atoms with Crippen molar-refractivity contribution in [2.45, 2.75) is 38.4 Å². The number of likely N-dealkylation sites (tertiary alicyclic amines) is 1. The topological polar surface area (TPSA) is 58.4 Å². The highest BCUT2D eigenvalue weighted by molar-refractivity contribution is 5.81. The summed E-state index contributed by atoms with van der Waals surface area (Å²) in [5.41, 5.74) is 9.31. The van der Waals surface area contributed by atoms with Crippen molar-refractivity contribution in [1.82, 2.24) is 10.2 Å². The van der Waals surface area contributed by atoms with Crippen molar-refractivity contribution in [2.24, 2.45) is 5.73 Å². The molecular weight excluding hydrogens is 310 g/mol. The van der Waals surface area contributed by atoms with Crippen LogP contribution in [-0.2, 0) is 11.3 Å². The molecule has 1 amide bonds. The van der Waals surface area contributed by atoms with Gasteiger partial charge >= 0.3 is 0 Å². The fourth-order valence-electron chi connectivity index (χ4n) is 3.51. The molecule has 1 aliphatic rings. The maximum absolute atomic E-state index is 11.9. The number of rotatable bonds is 6. The Bertz CT molecular complexity index is 693. The normalized spacial score (nSPS) is 17.3. The largest absolute Gasteiger partial charge is 0.368 e. The standard InChI is InChI=1S/C21H27N3O/c1-16-7-5-6-10-18(16)15-24-13-11-19(12-14-24)23-20(21(22)25)17-8-3-2-4-9-17/h2-10,19-20,23H,11-15H2,1H3,(H2,22,25). The second-order valence-corrected chi connectivity index (χ2v) is 6.89. The third-order valence-corrected chi connectivity index (χ3v) is 5.06. The van der Waals surface area contributed by atoms with Crippen molar-refractivity contribution < 1.29 is 4.79 Å². The fourth-order valence-corrected chi connectivity index (χ4v) is 3.51. The number of hydrogen-bond acceptors (Lipinski definition) is 3. The Morgan fingerprint density at radius 1 is 1.12 bits per heavy atom. The van der Waals surface area contributed by atoms with E-state index in [2.05, 4.69) is 41.4 Å². The lowest BCUT2D eigenvalue weighted by molar-refractivity contribution is -0.120. The molecule has 1 aliphatic heterocycles. The van der Waals surface area contributed by atoms with Crippen LogP contribution in [0.1, 0.15) is 35.6 Å². The number of nitrogens with two attached hydrogens (primary N) is 1. The first-order valence-electron chi connectivity index (χ1n) is 9.00. The Morgan fingerprint density at radius 3 is 2.40 bits per heavy atom. The van der Waals surface area contributed by atoms with E-state index in [0.717, 1.165) is 38.0 Å². The van der Waals surface area contributed by atoms with Gasteiger partial charge in [0.2, 0.25) is 5.91 Å². The number of hydrogen-bond donors (Lipinski definition) is 2. The minimum Gasteiger partial charge on any atom is -0.368 e. The molecule has 0 bridgehead atoms. The molecule has 0 aliphatic carbocycles. The minimum atomic E-state index is -0.408. The van der Waals surface area contributed by atoms with E-state index in [4.69, 9.17) is 5.73 Å². The second kappa shape index (κ2) is 8.28. The van der Waals surface area contributed by atoms with Gasteiger partial charge in [0.15, 0.2) is 0 Å². The van der Waals surface area contributed by atoms with E-state index in [1.165, 1.54) is 11.1 Å². The SMILES string of the molecule is Cc1ccccc1CN1CCC(NC(C(N)=O)c2ccccc2)CC1. The molecule has 2 aromatic rings. The van der Waals surface area contributed by atoms with E-state index in [-0.39, 0.29) is 5.91 Å². The number of aryl methyl sites for hydroxylation is 1. The third kappa shape index (κ3) is 4.68. The van der Waals surface area contributed by atoms with Crippen LogP contribution in [0, 0.1) is 6.92 Å². The highest BCUT2D eigenvalue weighted by atomic mass is 16.1. The lowest BCUT2D eigenvalue weighted by Gasteiger charge is -2.34. The van der Waals surface area contributed by atoms with Crippen LogP contribution in [-0.4, -0.2) is 29.9 Å². The molecule has 3 N–H and O–H groups in total. The number of nitrogens with one attached hydrogen (secondary N) is 1. The molecule has 1 saturated heterocycles. The van der Waals surface area contributed by atoms with Crippen LogP contribution < -0.4 is 11.1 Å². The molecule has 1 heterocycles. The van der Waals surface area contributed by atoms with Crippen LogP contribution >= 0.6 is 0 Å². The zero-order valence-corrected chi connectivity index (χ0v) is 14.8. The number of carbonyl (C=O) groups excluding carboxylic acids is 1. The number of carbonyl (C=O) groups is 1. The van der Waals surface area contributed by atoms with Crippen LogP contribution in [0.15, 0.2) is 54.6 Å². The van der Waals surface area contributed by atoms with Crippen LogP contribution in [0.5, 0.6) is 0 Å². The zero-order chi connectivity index (χ0) is 17.6. The van der Waals surface area contributed by atoms with Crippen LogP contribution in [0.3, 0.4) is 0 Å². The number of piperidine rings is 1. The van der Waals surface area contributed by atoms with Gasteiger partial charge in [0.05, 0.1) is 0 Å². The molecule has 0 spiro atoms. The lowest BCUT2D eigenvalue weighted by atomic mass is 9.99. The predicted molar refractivity (Wildman–Crippen MR) is 101 cm³/mol. The average molecular weight is 337 g/mol. The van der Waals surface area contributed by atoms with Gasteiger partial charge in [-0.25, -0.2) is 0 Å². The molecule has 25 heavy (non-hydrogen) atoms. The number of amides is 1. The van der Waals surface area contributed by atoms with Crippen molar-refractivity contribution in [3.8, 4) is 0 Å². The Balaban J connectivity index is 1.55. The lowest BCUT2D eigenvalue weighted by Crippen LogP contribution is -2.46. The number of benzene rings is 2. The van der Waals surface area contributed by atoms with Gasteiger partial charge in [0, 0.05) is 12.6 Å². The van der Waals surface area contributed by atoms with Crippen LogP contribution in [0.25, 0.3) is 0 Å². The Labute approximate surface area is 150 Å². The Hall–Kier alpha value is -2.17. The maximum atomic E-state index is 11.9. The second-order valence-electron chi connectivity index (χ2n) is 6.89. The van der Waals surface area contributed by atoms with E-state index in [9.17, 15) is 4.79 Å². The van der Waals surface area contributed by atoms with Crippen LogP contribution in [0.4, 0.5) is 0 Å². The molecule has 1 atom stereocenters. The van der Waals surface area contributed by atoms with Gasteiger partial charge in [-0.1, -0.05) is 54.6 Å². The highest BCUT2D eigenvalue weighted by Gasteiger charge is 2.25. The van der Waals surface area contributed by atoms with Gasteiger partial charge in [-0.2, -0.15) is 0 Å². The van der Waals surface area contributed by atoms with Gasteiger partial charge in [-0.3, -0.25) is 15.0 Å². The molecule has 1 unspecified atom stereocenters. The van der Waals surface area contributed by atoms with E-state index in [1.54, 1.807) is 0 Å². The summed E-state index contributed by atoms with van der Waals surface area (Å²) >= 11 is 0. The fraction of sp³-hybridized carbons (Fsp3) is 0.381. The quantitative estimate of drug-likeness (QED) is 0.852. The molecule has 4 nitrogen and oxygen atoms in total. The number of primary amides is 1. The van der Waals surface area contributed by atoms with Crippen molar-refractivity contribution in [2.75, 3.05) is 13.1 Å².